The zero-order chi connectivity index (χ0) is 18.5. The number of nitrogens with zero attached hydrogens (tertiary/aromatic N) is 3. The van der Waals surface area contributed by atoms with Gasteiger partial charge in [-0.25, -0.2) is 0 Å². The molecule has 8 heteroatoms. The van der Waals surface area contributed by atoms with Crippen molar-refractivity contribution in [2.45, 2.75) is 13.5 Å². The van der Waals surface area contributed by atoms with Crippen LogP contribution in [0.1, 0.15) is 18.1 Å². The lowest BCUT2D eigenvalue weighted by atomic mass is 10.0. The summed E-state index contributed by atoms with van der Waals surface area (Å²) in [6, 6.07) is 7.38. The van der Waals surface area contributed by atoms with Gasteiger partial charge in [0.05, 0.1) is 19.3 Å². The zero-order valence-electron chi connectivity index (χ0n) is 14.7. The quantitative estimate of drug-likeness (QED) is 0.705. The molecule has 3 rings (SSSR count). The molecule has 8 nitrogen and oxygen atoms in total. The van der Waals surface area contributed by atoms with Gasteiger partial charge in [-0.15, -0.1) is 10.2 Å². The number of aromatic amines is 2. The Balaban J connectivity index is 2.11. The van der Waals surface area contributed by atoms with Gasteiger partial charge in [0.25, 0.3) is 5.56 Å². The summed E-state index contributed by atoms with van der Waals surface area (Å²) in [6.07, 6.45) is 3.88. The number of H-pyrrole nitrogens is 2. The molecule has 0 saturated heterocycles. The van der Waals surface area contributed by atoms with Gasteiger partial charge >= 0.3 is 0 Å². The molecule has 2 N–H and O–H groups in total. The van der Waals surface area contributed by atoms with E-state index >= 15 is 0 Å². The van der Waals surface area contributed by atoms with Crippen molar-refractivity contribution in [3.8, 4) is 28.4 Å². The van der Waals surface area contributed by atoms with Gasteiger partial charge in [-0.1, -0.05) is 12.2 Å². The van der Waals surface area contributed by atoms with Crippen LogP contribution in [0.15, 0.2) is 35.1 Å². The molecule has 134 valence electrons. The van der Waals surface area contributed by atoms with Crippen molar-refractivity contribution < 1.29 is 9.47 Å². The second-order valence-corrected chi connectivity index (χ2v) is 5.54. The number of hydrogen-bond donors (Lipinski definition) is 2. The maximum atomic E-state index is 12.4. The van der Waals surface area contributed by atoms with E-state index in [-0.39, 0.29) is 11.4 Å². The predicted molar refractivity (Wildman–Crippen MR) is 97.6 cm³/mol. The van der Waals surface area contributed by atoms with Crippen LogP contribution in [0.4, 0.5) is 0 Å². The molecular formula is C18H19N5O3. The van der Waals surface area contributed by atoms with Gasteiger partial charge < -0.3 is 14.5 Å². The third-order valence-electron chi connectivity index (χ3n) is 3.85. The number of benzene rings is 1. The Morgan fingerprint density at radius 2 is 2.08 bits per heavy atom. The van der Waals surface area contributed by atoms with Gasteiger partial charge in [-0.2, -0.15) is 5.21 Å². The van der Waals surface area contributed by atoms with Crippen LogP contribution in [0.3, 0.4) is 0 Å². The highest BCUT2D eigenvalue weighted by atomic mass is 16.5. The smallest absolute Gasteiger partial charge is 0.259 e. The van der Waals surface area contributed by atoms with E-state index in [2.05, 4.69) is 25.6 Å². The van der Waals surface area contributed by atoms with Gasteiger partial charge in [-0.3, -0.25) is 4.79 Å². The predicted octanol–water partition coefficient (Wildman–Crippen LogP) is 2.41. The molecule has 0 unspecified atom stereocenters. The second-order valence-electron chi connectivity index (χ2n) is 5.54. The first-order valence-electron chi connectivity index (χ1n) is 7.98. The minimum atomic E-state index is -0.291. The van der Waals surface area contributed by atoms with Gasteiger partial charge in [-0.05, 0) is 42.0 Å². The Labute approximate surface area is 149 Å². The third kappa shape index (κ3) is 3.40. The summed E-state index contributed by atoms with van der Waals surface area (Å²) < 4.78 is 10.8. The highest BCUT2D eigenvalue weighted by Crippen LogP contribution is 2.31. The summed E-state index contributed by atoms with van der Waals surface area (Å²) in [7, 11) is 3.26. The van der Waals surface area contributed by atoms with Crippen LogP contribution in [0.25, 0.3) is 28.7 Å². The molecule has 0 radical (unpaired) electrons. The van der Waals surface area contributed by atoms with Gasteiger partial charge in [0, 0.05) is 23.9 Å². The minimum Gasteiger partial charge on any atom is -0.496 e. The molecule has 0 spiro atoms. The molecule has 0 fully saturated rings. The number of tetrazole rings is 1. The second kappa shape index (κ2) is 7.75. The number of hydrogen-bond acceptors (Lipinski definition) is 6. The first-order chi connectivity index (χ1) is 12.7. The molecular weight excluding hydrogens is 334 g/mol. The Bertz CT molecular complexity index is 977. The Morgan fingerprint density at radius 1 is 1.23 bits per heavy atom. The number of methoxy groups -OCH3 is 2. The fraction of sp³-hybridized carbons (Fsp3) is 0.222. The van der Waals surface area contributed by atoms with E-state index in [0.29, 0.717) is 17.9 Å². The van der Waals surface area contributed by atoms with Crippen LogP contribution < -0.4 is 10.3 Å². The van der Waals surface area contributed by atoms with Gasteiger partial charge in [0.15, 0.2) is 0 Å². The van der Waals surface area contributed by atoms with Crippen LogP contribution in [-0.4, -0.2) is 39.8 Å². The first-order valence-corrected chi connectivity index (χ1v) is 7.98. The molecule has 0 atom stereocenters. The summed E-state index contributed by atoms with van der Waals surface area (Å²) in [5.41, 5.74) is 3.38. The molecule has 3 aromatic rings. The number of aromatic nitrogens is 5. The summed E-state index contributed by atoms with van der Waals surface area (Å²) in [4.78, 5) is 15.3. The summed E-state index contributed by atoms with van der Waals surface area (Å²) in [6.45, 7) is 2.33. The standard InChI is InChI=1S/C18H19N5O3/c1-4-5-11-8-12(9-13(10-25-2)16(11)26-3)15-7-6-14(18(24)19-15)17-20-22-23-21-17/h4-9H,10H2,1-3H3,(H,19,24)(H,20,21,22,23). The maximum Gasteiger partial charge on any atom is 0.259 e. The molecule has 0 aliphatic heterocycles. The van der Waals surface area contributed by atoms with Crippen molar-refractivity contribution in [2.24, 2.45) is 0 Å². The molecule has 0 saturated carbocycles. The maximum absolute atomic E-state index is 12.4. The highest BCUT2D eigenvalue weighted by molar-refractivity contribution is 5.71. The van der Waals surface area contributed by atoms with Crippen LogP contribution in [0, 0.1) is 0 Å². The summed E-state index contributed by atoms with van der Waals surface area (Å²) in [5, 5.41) is 13.5. The molecule has 26 heavy (non-hydrogen) atoms. The lowest BCUT2D eigenvalue weighted by molar-refractivity contribution is 0.181. The Morgan fingerprint density at radius 3 is 2.69 bits per heavy atom. The largest absolute Gasteiger partial charge is 0.496 e. The van der Waals surface area contributed by atoms with E-state index in [9.17, 15) is 4.79 Å². The topological polar surface area (TPSA) is 106 Å². The van der Waals surface area contributed by atoms with E-state index in [1.54, 1.807) is 20.3 Å². The average molecular weight is 353 g/mol. The SMILES string of the molecule is CC=Cc1cc(-c2ccc(-c3nn[nH]n3)c(=O)[nH]2)cc(COC)c1OC. The summed E-state index contributed by atoms with van der Waals surface area (Å²) in [5.74, 6) is 1.00. The van der Waals surface area contributed by atoms with Crippen LogP contribution in [0.5, 0.6) is 5.75 Å². The van der Waals surface area contributed by atoms with Gasteiger partial charge in [0.2, 0.25) is 5.82 Å². The average Bonchev–Trinajstić information content (AvgIpc) is 3.16. The van der Waals surface area contributed by atoms with E-state index in [1.807, 2.05) is 37.3 Å². The monoisotopic (exact) mass is 353 g/mol. The van der Waals surface area contributed by atoms with E-state index in [4.69, 9.17) is 9.47 Å². The van der Waals surface area contributed by atoms with Crippen molar-refractivity contribution in [1.82, 2.24) is 25.6 Å². The number of pyridine rings is 1. The fourth-order valence-electron chi connectivity index (χ4n) is 2.78. The number of rotatable bonds is 6. The molecule has 2 aromatic heterocycles. The molecule has 1 aromatic carbocycles. The number of nitrogens with one attached hydrogen (secondary N) is 2. The van der Waals surface area contributed by atoms with Crippen LogP contribution in [-0.2, 0) is 11.3 Å². The summed E-state index contributed by atoms with van der Waals surface area (Å²) >= 11 is 0. The van der Waals surface area contributed by atoms with Gasteiger partial charge in [0.1, 0.15) is 5.75 Å². The Hall–Kier alpha value is -3.26. The lowest BCUT2D eigenvalue weighted by Gasteiger charge is -2.14. The zero-order valence-corrected chi connectivity index (χ0v) is 14.7. The number of ether oxygens (including phenoxy) is 2. The number of allylic oxidation sites excluding steroid dienone is 1. The van der Waals surface area contributed by atoms with Crippen molar-refractivity contribution >= 4 is 6.08 Å². The van der Waals surface area contributed by atoms with E-state index < -0.39 is 0 Å². The Kier molecular flexibility index (Phi) is 5.23. The van der Waals surface area contributed by atoms with Crippen molar-refractivity contribution in [1.29, 1.82) is 0 Å². The fourth-order valence-corrected chi connectivity index (χ4v) is 2.78. The highest BCUT2D eigenvalue weighted by Gasteiger charge is 2.14. The molecule has 0 amide bonds. The van der Waals surface area contributed by atoms with E-state index in [1.165, 1.54) is 0 Å². The normalized spacial score (nSPS) is 11.2. The van der Waals surface area contributed by atoms with E-state index in [0.717, 1.165) is 22.4 Å². The van der Waals surface area contributed by atoms with Crippen molar-refractivity contribution in [3.05, 3.63) is 51.8 Å². The van der Waals surface area contributed by atoms with Crippen molar-refractivity contribution in [3.63, 3.8) is 0 Å². The minimum absolute atomic E-state index is 0.252. The lowest BCUT2D eigenvalue weighted by Crippen LogP contribution is -2.10. The molecule has 2 heterocycles. The molecule has 0 aliphatic carbocycles. The van der Waals surface area contributed by atoms with Crippen LogP contribution in [0.2, 0.25) is 0 Å². The van der Waals surface area contributed by atoms with Crippen LogP contribution >= 0.6 is 0 Å². The van der Waals surface area contributed by atoms with Crippen molar-refractivity contribution in [2.75, 3.05) is 14.2 Å². The third-order valence-corrected chi connectivity index (χ3v) is 3.85. The molecule has 0 aliphatic rings. The first kappa shape index (κ1) is 17.6. The molecule has 0 bridgehead atoms.